The van der Waals surface area contributed by atoms with Crippen LogP contribution in [0.4, 0.5) is 4.39 Å². The van der Waals surface area contributed by atoms with Crippen LogP contribution >= 0.6 is 0 Å². The van der Waals surface area contributed by atoms with Gasteiger partial charge < -0.3 is 9.80 Å². The van der Waals surface area contributed by atoms with Crippen molar-refractivity contribution in [2.75, 3.05) is 52.4 Å². The fourth-order valence-electron chi connectivity index (χ4n) is 4.38. The highest BCUT2D eigenvalue weighted by atomic mass is 19.1. The largest absolute Gasteiger partial charge is 0.338 e. The summed E-state index contributed by atoms with van der Waals surface area (Å²) in [5.41, 5.74) is 0.757. The van der Waals surface area contributed by atoms with Crippen molar-refractivity contribution in [3.8, 4) is 0 Å². The molecule has 1 atom stereocenters. The van der Waals surface area contributed by atoms with Gasteiger partial charge in [0.25, 0.3) is 0 Å². The number of halogens is 1. The van der Waals surface area contributed by atoms with Gasteiger partial charge in [-0.1, -0.05) is 12.1 Å². The van der Waals surface area contributed by atoms with Crippen LogP contribution in [-0.2, 0) is 11.2 Å². The van der Waals surface area contributed by atoms with E-state index in [4.69, 9.17) is 0 Å². The topological polar surface area (TPSA) is 70.4 Å². The predicted octanol–water partition coefficient (Wildman–Crippen LogP) is 1.14. The van der Waals surface area contributed by atoms with Gasteiger partial charge in [-0.25, -0.2) is 9.07 Å². The van der Waals surface area contributed by atoms with Crippen LogP contribution in [0.1, 0.15) is 30.3 Å². The monoisotopic (exact) mass is 415 g/mol. The summed E-state index contributed by atoms with van der Waals surface area (Å²) in [5, 5.41) is 11.7. The Bertz CT molecular complexity index is 843. The summed E-state index contributed by atoms with van der Waals surface area (Å²) in [5.74, 6) is 0.265. The number of amides is 1. The van der Waals surface area contributed by atoms with Crippen molar-refractivity contribution in [2.45, 2.75) is 32.2 Å². The summed E-state index contributed by atoms with van der Waals surface area (Å²) in [6.07, 6.45) is 2.98. The molecule has 0 radical (unpaired) electrons. The van der Waals surface area contributed by atoms with Gasteiger partial charge in [0, 0.05) is 45.7 Å². The molecule has 2 aliphatic heterocycles. The van der Waals surface area contributed by atoms with E-state index in [0.717, 1.165) is 31.7 Å². The zero-order valence-electron chi connectivity index (χ0n) is 17.6. The van der Waals surface area contributed by atoms with Crippen LogP contribution in [0, 0.1) is 12.7 Å². The molecule has 0 N–H and O–H groups in total. The molecule has 0 saturated carbocycles. The van der Waals surface area contributed by atoms with Crippen LogP contribution in [0.15, 0.2) is 24.3 Å². The normalized spacial score (nSPS) is 19.3. The highest BCUT2D eigenvalue weighted by molar-refractivity contribution is 5.81. The molecule has 30 heavy (non-hydrogen) atoms. The third kappa shape index (κ3) is 5.02. The van der Waals surface area contributed by atoms with Crippen LogP contribution in [0.2, 0.25) is 0 Å². The summed E-state index contributed by atoms with van der Waals surface area (Å²) < 4.78 is 15.2. The van der Waals surface area contributed by atoms with Crippen LogP contribution in [0.5, 0.6) is 0 Å². The highest BCUT2D eigenvalue weighted by Gasteiger charge is 2.31. The van der Waals surface area contributed by atoms with Crippen molar-refractivity contribution in [3.05, 3.63) is 41.5 Å². The van der Waals surface area contributed by atoms with Crippen LogP contribution in [0.3, 0.4) is 0 Å². The van der Waals surface area contributed by atoms with Crippen molar-refractivity contribution in [2.24, 2.45) is 0 Å². The van der Waals surface area contributed by atoms with E-state index in [2.05, 4.69) is 25.3 Å². The Morgan fingerprint density at radius 1 is 1.07 bits per heavy atom. The molecular formula is C21H30FN7O. The van der Waals surface area contributed by atoms with Crippen molar-refractivity contribution in [1.82, 2.24) is 34.9 Å². The molecule has 2 fully saturated rings. The van der Waals surface area contributed by atoms with Crippen LogP contribution < -0.4 is 0 Å². The summed E-state index contributed by atoms with van der Waals surface area (Å²) in [6.45, 7) is 9.51. The molecule has 0 spiro atoms. The van der Waals surface area contributed by atoms with E-state index in [1.165, 1.54) is 38.1 Å². The minimum Gasteiger partial charge on any atom is -0.338 e. The number of nitrogens with zero attached hydrogens (tertiary/aromatic N) is 7. The van der Waals surface area contributed by atoms with E-state index < -0.39 is 6.04 Å². The van der Waals surface area contributed by atoms with Crippen molar-refractivity contribution in [1.29, 1.82) is 0 Å². The molecule has 9 heteroatoms. The van der Waals surface area contributed by atoms with E-state index in [0.29, 0.717) is 25.3 Å². The van der Waals surface area contributed by atoms with E-state index in [1.807, 2.05) is 11.0 Å². The number of piperazine rings is 1. The first-order chi connectivity index (χ1) is 14.6. The lowest BCUT2D eigenvalue weighted by Crippen LogP contribution is -2.52. The van der Waals surface area contributed by atoms with Gasteiger partial charge in [0.05, 0.1) is 0 Å². The van der Waals surface area contributed by atoms with Gasteiger partial charge in [0.2, 0.25) is 5.91 Å². The first kappa shape index (κ1) is 20.9. The molecule has 1 unspecified atom stereocenters. The summed E-state index contributed by atoms with van der Waals surface area (Å²) in [7, 11) is 0. The number of aromatic nitrogens is 4. The number of tetrazole rings is 1. The van der Waals surface area contributed by atoms with E-state index >= 15 is 0 Å². The van der Waals surface area contributed by atoms with E-state index in [-0.39, 0.29) is 11.7 Å². The minimum atomic E-state index is -0.571. The maximum absolute atomic E-state index is 13.7. The van der Waals surface area contributed by atoms with Crippen molar-refractivity contribution < 1.29 is 9.18 Å². The summed E-state index contributed by atoms with van der Waals surface area (Å²) >= 11 is 0. The Balaban J connectivity index is 1.39. The smallest absolute Gasteiger partial charge is 0.248 e. The number of carbonyl (C=O) groups is 1. The molecule has 1 aromatic heterocycles. The minimum absolute atomic E-state index is 0.00569. The van der Waals surface area contributed by atoms with Gasteiger partial charge in [-0.05, 0) is 61.0 Å². The molecule has 1 aromatic carbocycles. The standard InChI is InChI=1S/C21H30FN7O/c1-17-23-24-25-29(17)20(16-18-5-4-6-19(22)15-18)21(30)28-13-11-27(12-14-28)10-9-26-7-2-3-8-26/h4-6,15,20H,2-3,7-14,16H2,1H3. The van der Waals surface area contributed by atoms with Crippen LogP contribution in [-0.4, -0.2) is 93.2 Å². The fraction of sp³-hybridized carbons (Fsp3) is 0.619. The number of carbonyl (C=O) groups excluding carboxylic acids is 1. The molecular weight excluding hydrogens is 385 g/mol. The molecule has 2 aromatic rings. The molecule has 2 saturated heterocycles. The molecule has 3 heterocycles. The lowest BCUT2D eigenvalue weighted by atomic mass is 10.0. The molecule has 162 valence electrons. The zero-order chi connectivity index (χ0) is 20.9. The van der Waals surface area contributed by atoms with Gasteiger partial charge in [0.15, 0.2) is 0 Å². The van der Waals surface area contributed by atoms with Crippen molar-refractivity contribution >= 4 is 5.91 Å². The number of rotatable bonds is 7. The Morgan fingerprint density at radius 2 is 1.77 bits per heavy atom. The third-order valence-electron chi connectivity index (χ3n) is 6.17. The Morgan fingerprint density at radius 3 is 2.40 bits per heavy atom. The molecule has 0 aliphatic carbocycles. The van der Waals surface area contributed by atoms with Gasteiger partial charge in [-0.3, -0.25) is 9.69 Å². The molecule has 1 amide bonds. The van der Waals surface area contributed by atoms with E-state index in [9.17, 15) is 9.18 Å². The number of benzene rings is 1. The Labute approximate surface area is 176 Å². The number of hydrogen-bond donors (Lipinski definition) is 0. The second-order valence-electron chi connectivity index (χ2n) is 8.24. The van der Waals surface area contributed by atoms with Gasteiger partial charge in [-0.15, -0.1) is 5.10 Å². The molecule has 0 bridgehead atoms. The molecule has 4 rings (SSSR count). The maximum Gasteiger partial charge on any atom is 0.248 e. The molecule has 8 nitrogen and oxygen atoms in total. The van der Waals surface area contributed by atoms with Gasteiger partial charge in [-0.2, -0.15) is 0 Å². The Kier molecular flexibility index (Phi) is 6.69. The predicted molar refractivity (Wildman–Crippen MR) is 110 cm³/mol. The molecule has 2 aliphatic rings. The first-order valence-corrected chi connectivity index (χ1v) is 10.8. The van der Waals surface area contributed by atoms with Crippen LogP contribution in [0.25, 0.3) is 0 Å². The average molecular weight is 416 g/mol. The SMILES string of the molecule is Cc1nnnn1C(Cc1cccc(F)c1)C(=O)N1CCN(CCN2CCCC2)CC1. The van der Waals surface area contributed by atoms with E-state index in [1.54, 1.807) is 17.7 Å². The van der Waals surface area contributed by atoms with Crippen molar-refractivity contribution in [3.63, 3.8) is 0 Å². The maximum atomic E-state index is 13.7. The summed E-state index contributed by atoms with van der Waals surface area (Å²) in [4.78, 5) is 20.3. The summed E-state index contributed by atoms with van der Waals surface area (Å²) in [6, 6.07) is 5.80. The lowest BCUT2D eigenvalue weighted by Gasteiger charge is -2.37. The van der Waals surface area contributed by atoms with Gasteiger partial charge >= 0.3 is 0 Å². The Hall–Kier alpha value is -2.39. The average Bonchev–Trinajstić information content (AvgIpc) is 3.42. The lowest BCUT2D eigenvalue weighted by molar-refractivity contribution is -0.137. The van der Waals surface area contributed by atoms with Gasteiger partial charge in [0.1, 0.15) is 17.7 Å². The quantitative estimate of drug-likeness (QED) is 0.676. The number of likely N-dealkylation sites (tertiary alicyclic amines) is 1. The number of hydrogen-bond acceptors (Lipinski definition) is 6. The third-order valence-corrected chi connectivity index (χ3v) is 6.17. The first-order valence-electron chi connectivity index (χ1n) is 10.8. The fourth-order valence-corrected chi connectivity index (χ4v) is 4.38. The highest BCUT2D eigenvalue weighted by Crippen LogP contribution is 2.19. The number of aryl methyl sites for hydroxylation is 1. The second kappa shape index (κ2) is 9.61. The zero-order valence-corrected chi connectivity index (χ0v) is 17.6. The second-order valence-corrected chi connectivity index (χ2v) is 8.24.